The van der Waals surface area contributed by atoms with Crippen LogP contribution in [0.4, 0.5) is 5.69 Å². The third kappa shape index (κ3) is 2.30. The molecular formula is C8H5BrClNO3. The largest absolute Gasteiger partial charge is 0.293 e. The molecule has 0 aliphatic heterocycles. The van der Waals surface area contributed by atoms with E-state index in [1.54, 1.807) is 0 Å². The zero-order valence-corrected chi connectivity index (χ0v) is 9.21. The number of hydrogen-bond donors (Lipinski definition) is 0. The van der Waals surface area contributed by atoms with Crippen molar-refractivity contribution in [1.29, 1.82) is 0 Å². The van der Waals surface area contributed by atoms with Gasteiger partial charge in [-0.2, -0.15) is 0 Å². The fourth-order valence-corrected chi connectivity index (χ4v) is 1.45. The van der Waals surface area contributed by atoms with E-state index in [0.717, 1.165) is 0 Å². The lowest BCUT2D eigenvalue weighted by atomic mass is 10.1. The second-order valence-electron chi connectivity index (χ2n) is 2.48. The first kappa shape index (κ1) is 11.1. The Bertz CT molecular complexity index is 394. The normalized spacial score (nSPS) is 9.86. The molecule has 0 spiro atoms. The second kappa shape index (κ2) is 4.52. The molecule has 1 aromatic carbocycles. The van der Waals surface area contributed by atoms with E-state index in [4.69, 9.17) is 11.6 Å². The van der Waals surface area contributed by atoms with Crippen molar-refractivity contribution in [2.45, 2.75) is 0 Å². The van der Waals surface area contributed by atoms with Crippen LogP contribution >= 0.6 is 27.5 Å². The SMILES string of the molecule is O=C(CCl)c1ccc(Br)c([N+](=O)[O-])c1. The van der Waals surface area contributed by atoms with Gasteiger partial charge in [-0.3, -0.25) is 14.9 Å². The van der Waals surface area contributed by atoms with Crippen molar-refractivity contribution in [3.05, 3.63) is 38.3 Å². The van der Waals surface area contributed by atoms with Crippen LogP contribution in [0.3, 0.4) is 0 Å². The maximum absolute atomic E-state index is 11.1. The van der Waals surface area contributed by atoms with Crippen molar-refractivity contribution in [1.82, 2.24) is 0 Å². The van der Waals surface area contributed by atoms with Gasteiger partial charge in [-0.05, 0) is 28.1 Å². The molecule has 6 heteroatoms. The van der Waals surface area contributed by atoms with Gasteiger partial charge in [0.15, 0.2) is 5.78 Å². The van der Waals surface area contributed by atoms with Crippen LogP contribution in [0.2, 0.25) is 0 Å². The van der Waals surface area contributed by atoms with Crippen molar-refractivity contribution >= 4 is 39.0 Å². The molecule has 0 aliphatic carbocycles. The Morgan fingerprint density at radius 3 is 2.71 bits per heavy atom. The zero-order valence-electron chi connectivity index (χ0n) is 6.87. The first-order chi connectivity index (χ1) is 6.56. The molecule has 0 amide bonds. The first-order valence-electron chi connectivity index (χ1n) is 3.59. The third-order valence-electron chi connectivity index (χ3n) is 1.59. The van der Waals surface area contributed by atoms with Crippen LogP contribution in [0.15, 0.2) is 22.7 Å². The minimum atomic E-state index is -0.560. The summed E-state index contributed by atoms with van der Waals surface area (Å²) < 4.78 is 0.341. The summed E-state index contributed by atoms with van der Waals surface area (Å²) in [7, 11) is 0. The van der Waals surface area contributed by atoms with Crippen LogP contribution in [-0.4, -0.2) is 16.6 Å². The molecule has 0 atom stereocenters. The van der Waals surface area contributed by atoms with Crippen molar-refractivity contribution in [2.75, 3.05) is 5.88 Å². The lowest BCUT2D eigenvalue weighted by Crippen LogP contribution is -2.01. The van der Waals surface area contributed by atoms with Gasteiger partial charge in [0.2, 0.25) is 0 Å². The lowest BCUT2D eigenvalue weighted by Gasteiger charge is -1.98. The van der Waals surface area contributed by atoms with Gasteiger partial charge < -0.3 is 0 Å². The van der Waals surface area contributed by atoms with E-state index in [1.807, 2.05) is 0 Å². The average molecular weight is 278 g/mol. The standard InChI is InChI=1S/C8H5BrClNO3/c9-6-2-1-5(8(12)4-10)3-7(6)11(13)14/h1-3H,4H2. The van der Waals surface area contributed by atoms with Crippen molar-refractivity contribution in [3.8, 4) is 0 Å². The molecule has 1 aromatic rings. The monoisotopic (exact) mass is 277 g/mol. The number of Topliss-reactive ketones (excluding diaryl/α,β-unsaturated/α-hetero) is 1. The molecule has 0 aliphatic rings. The highest BCUT2D eigenvalue weighted by Crippen LogP contribution is 2.25. The number of nitrogens with zero attached hydrogens (tertiary/aromatic N) is 1. The van der Waals surface area contributed by atoms with Gasteiger partial charge in [0, 0.05) is 11.6 Å². The van der Waals surface area contributed by atoms with Gasteiger partial charge in [-0.25, -0.2) is 0 Å². The summed E-state index contributed by atoms with van der Waals surface area (Å²) in [4.78, 5) is 21.1. The minimum absolute atomic E-state index is 0.138. The Balaban J connectivity index is 3.19. The summed E-state index contributed by atoms with van der Waals surface area (Å²) in [6, 6.07) is 4.15. The van der Waals surface area contributed by atoms with Crippen LogP contribution in [-0.2, 0) is 0 Å². The summed E-state index contributed by atoms with van der Waals surface area (Å²) in [5.41, 5.74) is 0.107. The molecule has 4 nitrogen and oxygen atoms in total. The molecule has 0 radical (unpaired) electrons. The molecule has 0 N–H and O–H groups in total. The molecular weight excluding hydrogens is 273 g/mol. The number of nitro groups is 1. The zero-order chi connectivity index (χ0) is 10.7. The van der Waals surface area contributed by atoms with Crippen molar-refractivity contribution in [2.24, 2.45) is 0 Å². The number of nitro benzene ring substituents is 1. The van der Waals surface area contributed by atoms with E-state index < -0.39 is 4.92 Å². The highest BCUT2D eigenvalue weighted by atomic mass is 79.9. The van der Waals surface area contributed by atoms with Gasteiger partial charge in [0.25, 0.3) is 5.69 Å². The van der Waals surface area contributed by atoms with E-state index >= 15 is 0 Å². The average Bonchev–Trinajstić information content (AvgIpc) is 2.17. The molecule has 14 heavy (non-hydrogen) atoms. The summed E-state index contributed by atoms with van der Waals surface area (Å²) >= 11 is 8.34. The third-order valence-corrected chi connectivity index (χ3v) is 2.50. The lowest BCUT2D eigenvalue weighted by molar-refractivity contribution is -0.385. The number of hydrogen-bond acceptors (Lipinski definition) is 3. The fraction of sp³-hybridized carbons (Fsp3) is 0.125. The van der Waals surface area contributed by atoms with Crippen LogP contribution < -0.4 is 0 Å². The van der Waals surface area contributed by atoms with Crippen LogP contribution in [0.1, 0.15) is 10.4 Å². The molecule has 0 heterocycles. The fourth-order valence-electron chi connectivity index (χ4n) is 0.903. The summed E-state index contributed by atoms with van der Waals surface area (Å²) in [5, 5.41) is 10.5. The predicted molar refractivity (Wildman–Crippen MR) is 55.8 cm³/mol. The van der Waals surface area contributed by atoms with Crippen molar-refractivity contribution < 1.29 is 9.72 Å². The molecule has 0 saturated heterocycles. The first-order valence-corrected chi connectivity index (χ1v) is 4.92. The second-order valence-corrected chi connectivity index (χ2v) is 3.60. The molecule has 0 fully saturated rings. The van der Waals surface area contributed by atoms with E-state index in [-0.39, 0.29) is 22.9 Å². The maximum Gasteiger partial charge on any atom is 0.284 e. The van der Waals surface area contributed by atoms with Crippen molar-refractivity contribution in [3.63, 3.8) is 0 Å². The Labute approximate surface area is 93.1 Å². The van der Waals surface area contributed by atoms with E-state index in [0.29, 0.717) is 4.47 Å². The maximum atomic E-state index is 11.1. The van der Waals surface area contributed by atoms with Gasteiger partial charge in [-0.15, -0.1) is 11.6 Å². The molecule has 0 saturated carbocycles. The Morgan fingerprint density at radius 2 is 2.21 bits per heavy atom. The Morgan fingerprint density at radius 1 is 1.57 bits per heavy atom. The predicted octanol–water partition coefficient (Wildman–Crippen LogP) is 2.78. The number of ketones is 1. The number of alkyl halides is 1. The van der Waals surface area contributed by atoms with Crippen LogP contribution in [0.5, 0.6) is 0 Å². The topological polar surface area (TPSA) is 60.2 Å². The van der Waals surface area contributed by atoms with Crippen LogP contribution in [0.25, 0.3) is 0 Å². The number of halogens is 2. The molecule has 74 valence electrons. The Hall–Kier alpha value is -0.940. The molecule has 0 aromatic heterocycles. The van der Waals surface area contributed by atoms with E-state index in [1.165, 1.54) is 18.2 Å². The molecule has 0 unspecified atom stereocenters. The number of carbonyl (C=O) groups is 1. The number of rotatable bonds is 3. The quantitative estimate of drug-likeness (QED) is 0.370. The van der Waals surface area contributed by atoms with Crippen LogP contribution in [0, 0.1) is 10.1 Å². The molecule has 1 rings (SSSR count). The summed E-state index contributed by atoms with van der Waals surface area (Å²) in [6.45, 7) is 0. The van der Waals surface area contributed by atoms with E-state index in [2.05, 4.69) is 15.9 Å². The van der Waals surface area contributed by atoms with Gasteiger partial charge in [0.1, 0.15) is 0 Å². The van der Waals surface area contributed by atoms with Gasteiger partial charge in [-0.1, -0.05) is 0 Å². The number of benzene rings is 1. The van der Waals surface area contributed by atoms with Gasteiger partial charge >= 0.3 is 0 Å². The van der Waals surface area contributed by atoms with Gasteiger partial charge in [0.05, 0.1) is 15.3 Å². The minimum Gasteiger partial charge on any atom is -0.293 e. The number of carbonyl (C=O) groups excluding carboxylic acids is 1. The molecule has 0 bridgehead atoms. The summed E-state index contributed by atoms with van der Waals surface area (Å²) in [5.74, 6) is -0.513. The highest BCUT2D eigenvalue weighted by molar-refractivity contribution is 9.10. The summed E-state index contributed by atoms with van der Waals surface area (Å²) in [6.07, 6.45) is 0. The Kier molecular flexibility index (Phi) is 3.60. The highest BCUT2D eigenvalue weighted by Gasteiger charge is 2.14. The smallest absolute Gasteiger partial charge is 0.284 e. The van der Waals surface area contributed by atoms with E-state index in [9.17, 15) is 14.9 Å².